The number of rotatable bonds is 4. The van der Waals surface area contributed by atoms with Crippen molar-refractivity contribution in [2.45, 2.75) is 65.0 Å². The smallest absolute Gasteiger partial charge is 0.271 e. The number of pyridine rings is 1. The van der Waals surface area contributed by atoms with Gasteiger partial charge in [0, 0.05) is 32.5 Å². The van der Waals surface area contributed by atoms with Crippen molar-refractivity contribution in [1.29, 1.82) is 0 Å². The van der Waals surface area contributed by atoms with Gasteiger partial charge in [0.05, 0.1) is 29.6 Å². The monoisotopic (exact) mass is 954 g/mol. The zero-order chi connectivity index (χ0) is 42.1. The zero-order valence-electron chi connectivity index (χ0n) is 31.7. The number of halogens is 1. The Morgan fingerprint density at radius 2 is 1.14 bits per heavy atom. The van der Waals surface area contributed by atoms with Crippen LogP contribution in [0.25, 0.3) is 38.4 Å². The van der Waals surface area contributed by atoms with Gasteiger partial charge in [-0.15, -0.1) is 56.7 Å². The number of nitrogens with one attached hydrogen (secondary N) is 4. The summed E-state index contributed by atoms with van der Waals surface area (Å²) in [5, 5.41) is 43.3. The first kappa shape index (κ1) is 42.4. The average molecular weight is 956 g/mol. The highest BCUT2D eigenvalue weighted by Gasteiger charge is 2.31. The molecule has 0 spiro atoms. The van der Waals surface area contributed by atoms with Gasteiger partial charge in [0.15, 0.2) is 0 Å². The Morgan fingerprint density at radius 3 is 1.75 bits per heavy atom. The Morgan fingerprint density at radius 1 is 0.610 bits per heavy atom. The molecule has 16 nitrogen and oxygen atoms in total. The first-order valence-electron chi connectivity index (χ1n) is 17.9. The van der Waals surface area contributed by atoms with E-state index in [0.29, 0.717) is 52.3 Å². The number of carbonyl (C=O) groups excluding carboxylic acids is 4. The van der Waals surface area contributed by atoms with Crippen LogP contribution in [0.2, 0.25) is 0 Å². The molecule has 0 aliphatic carbocycles. The highest BCUT2D eigenvalue weighted by atomic mass is 79.9. The van der Waals surface area contributed by atoms with E-state index in [1.807, 2.05) is 19.2 Å². The molecule has 1 aliphatic heterocycles. The molecule has 0 unspecified atom stereocenters. The molecule has 6 N–H and O–H groups in total. The van der Waals surface area contributed by atoms with Crippen molar-refractivity contribution in [2.75, 3.05) is 0 Å². The number of fused-ring (bicyclic) bond motifs is 11. The van der Waals surface area contributed by atoms with E-state index in [9.17, 15) is 29.4 Å². The summed E-state index contributed by atoms with van der Waals surface area (Å²) in [4.78, 5) is 82.4. The van der Waals surface area contributed by atoms with Gasteiger partial charge < -0.3 is 31.5 Å². The third kappa shape index (κ3) is 9.23. The van der Waals surface area contributed by atoms with Gasteiger partial charge in [0.1, 0.15) is 70.2 Å². The summed E-state index contributed by atoms with van der Waals surface area (Å²) in [5.41, 5.74) is 2.37. The van der Waals surface area contributed by atoms with Crippen LogP contribution in [0.5, 0.6) is 0 Å². The van der Waals surface area contributed by atoms with E-state index in [4.69, 9.17) is 9.97 Å². The van der Waals surface area contributed by atoms with Crippen molar-refractivity contribution in [3.05, 3.63) is 81.8 Å². The highest BCUT2D eigenvalue weighted by Crippen LogP contribution is 2.37. The van der Waals surface area contributed by atoms with Crippen LogP contribution >= 0.6 is 72.6 Å². The minimum absolute atomic E-state index is 0.00801. The summed E-state index contributed by atoms with van der Waals surface area (Å²) in [6.45, 7) is 8.42. The van der Waals surface area contributed by atoms with Gasteiger partial charge in [0.25, 0.3) is 17.7 Å². The van der Waals surface area contributed by atoms with E-state index in [0.717, 1.165) is 11.3 Å². The van der Waals surface area contributed by atoms with Crippen LogP contribution in [0, 0.1) is 5.92 Å². The molecule has 4 amide bonds. The molecular weight excluding hydrogens is 921 g/mol. The summed E-state index contributed by atoms with van der Waals surface area (Å²) in [6, 6.07) is 0.688. The lowest BCUT2D eigenvalue weighted by atomic mass is 10.1. The fourth-order valence-electron chi connectivity index (χ4n) is 5.81. The molecule has 6 aromatic rings. The number of aromatic nitrogens is 6. The molecule has 22 heteroatoms. The second kappa shape index (κ2) is 17.9. The topological polar surface area (TPSA) is 234 Å². The van der Waals surface area contributed by atoms with Crippen LogP contribution < -0.4 is 21.3 Å². The number of hydrogen-bond acceptors (Lipinski definition) is 17. The minimum Gasteiger partial charge on any atom is -0.391 e. The van der Waals surface area contributed by atoms with Crippen molar-refractivity contribution in [1.82, 2.24) is 51.2 Å². The Labute approximate surface area is 365 Å². The summed E-state index contributed by atoms with van der Waals surface area (Å²) in [7, 11) is 0. The molecule has 7 heterocycles. The lowest BCUT2D eigenvalue weighted by molar-refractivity contribution is -0.124. The Hall–Kier alpha value is -4.68. The van der Waals surface area contributed by atoms with E-state index in [1.54, 1.807) is 48.2 Å². The van der Waals surface area contributed by atoms with Crippen molar-refractivity contribution >= 4 is 102 Å². The van der Waals surface area contributed by atoms with E-state index in [-0.39, 0.29) is 28.7 Å². The van der Waals surface area contributed by atoms with E-state index < -0.39 is 54.0 Å². The minimum atomic E-state index is -1.39. The lowest BCUT2D eigenvalue weighted by Crippen LogP contribution is -2.52. The largest absolute Gasteiger partial charge is 0.391 e. The first-order chi connectivity index (χ1) is 28.2. The number of amides is 4. The summed E-state index contributed by atoms with van der Waals surface area (Å²) in [5.74, 6) is -2.59. The molecule has 0 fully saturated rings. The number of aliphatic hydroxyl groups is 2. The SMILES string of the molecule is C/C=C1\NC(=O)[C@H]([C@@H](C)O)NC(=O)c2csc(n2)-c2ccc(-c3nc(Br)cs3)nc2-c2csc(n2)[C@H]([C@@H](C)O)NC(=O)c2csc(n2)[C@H](C(C)C)NC(=O)c2csc1n2. The Balaban J connectivity index is 1.31. The molecule has 0 radical (unpaired) electrons. The van der Waals surface area contributed by atoms with Crippen LogP contribution in [0.15, 0.2) is 49.7 Å². The molecular formula is C37H35BrN10O6S5. The standard InChI is InChI=1S/C37H35BrN10O6S5/c1-6-18-34-43-22(11-56-34)29(51)46-25(14(2)3)36-44-23(12-58-36)31(53)48-27(16(5)50)37-41-20(9-57-37)28-17(7-8-19(39-28)35-45-24(38)13-59-35)33-42-21(10-55-33)30(52)47-26(15(4)49)32(54)40-18/h6-16,25-27,49-50H,1-5H3,(H,40,54)(H,46,51)(H,47,52)(H,48,53)/b18-6-/t15-,16-,25+,26+,27+/m1/s1. The summed E-state index contributed by atoms with van der Waals surface area (Å²) < 4.78 is 0.648. The van der Waals surface area contributed by atoms with Gasteiger partial charge in [-0.3, -0.25) is 19.2 Å². The molecule has 0 saturated carbocycles. The fraction of sp³-hybridized carbons (Fsp3) is 0.297. The number of allylic oxidation sites excluding steroid dienone is 1. The van der Waals surface area contributed by atoms with Gasteiger partial charge in [-0.1, -0.05) is 19.9 Å². The molecule has 6 aromatic heterocycles. The molecule has 0 saturated heterocycles. The number of carbonyl (C=O) groups is 4. The van der Waals surface area contributed by atoms with E-state index >= 15 is 0 Å². The average Bonchev–Trinajstić information content (AvgIpc) is 4.06. The summed E-state index contributed by atoms with van der Waals surface area (Å²) >= 11 is 9.50. The number of hydrogen-bond donors (Lipinski definition) is 6. The van der Waals surface area contributed by atoms with Crippen LogP contribution in [0.4, 0.5) is 0 Å². The Kier molecular flexibility index (Phi) is 12.9. The number of aliphatic hydroxyl groups excluding tert-OH is 2. The number of thiazole rings is 5. The molecule has 59 heavy (non-hydrogen) atoms. The van der Waals surface area contributed by atoms with Crippen LogP contribution in [-0.2, 0) is 4.79 Å². The fourth-order valence-corrected chi connectivity index (χ4v) is 10.7. The first-order valence-corrected chi connectivity index (χ1v) is 23.1. The predicted octanol–water partition coefficient (Wildman–Crippen LogP) is 6.08. The summed E-state index contributed by atoms with van der Waals surface area (Å²) in [6.07, 6.45) is -0.768. The van der Waals surface area contributed by atoms with Crippen LogP contribution in [0.1, 0.15) is 93.2 Å². The van der Waals surface area contributed by atoms with Crippen LogP contribution in [-0.4, -0.2) is 82.0 Å². The Bertz CT molecular complexity index is 2570. The molecule has 5 atom stereocenters. The van der Waals surface area contributed by atoms with E-state index in [1.165, 1.54) is 57.7 Å². The van der Waals surface area contributed by atoms with Gasteiger partial charge >= 0.3 is 0 Å². The zero-order valence-corrected chi connectivity index (χ0v) is 37.4. The maximum atomic E-state index is 13.7. The van der Waals surface area contributed by atoms with Crippen molar-refractivity contribution < 1.29 is 29.4 Å². The van der Waals surface area contributed by atoms with Gasteiger partial charge in [0.2, 0.25) is 5.91 Å². The molecule has 0 aromatic carbocycles. The van der Waals surface area contributed by atoms with Gasteiger partial charge in [-0.2, -0.15) is 0 Å². The lowest BCUT2D eigenvalue weighted by Gasteiger charge is -2.21. The van der Waals surface area contributed by atoms with Crippen molar-refractivity contribution in [3.63, 3.8) is 0 Å². The van der Waals surface area contributed by atoms with Crippen LogP contribution in [0.3, 0.4) is 0 Å². The maximum Gasteiger partial charge on any atom is 0.271 e. The molecule has 1 aliphatic rings. The predicted molar refractivity (Wildman–Crippen MR) is 231 cm³/mol. The van der Waals surface area contributed by atoms with E-state index in [2.05, 4.69) is 57.1 Å². The molecule has 8 bridgehead atoms. The highest BCUT2D eigenvalue weighted by molar-refractivity contribution is 9.10. The third-order valence-corrected chi connectivity index (χ3v) is 14.1. The number of nitrogens with zero attached hydrogens (tertiary/aromatic N) is 6. The second-order valence-corrected chi connectivity index (χ2v) is 18.7. The molecule has 7 rings (SSSR count). The van der Waals surface area contributed by atoms with Crippen molar-refractivity contribution in [3.8, 4) is 32.7 Å². The van der Waals surface area contributed by atoms with Gasteiger partial charge in [-0.05, 0) is 54.8 Å². The molecule has 306 valence electrons. The normalized spacial score (nSPS) is 19.7. The second-order valence-electron chi connectivity index (χ2n) is 13.6. The van der Waals surface area contributed by atoms with Crippen molar-refractivity contribution in [2.24, 2.45) is 5.92 Å². The quantitative estimate of drug-likeness (QED) is 0.118. The van der Waals surface area contributed by atoms with Gasteiger partial charge in [-0.25, -0.2) is 29.9 Å². The third-order valence-electron chi connectivity index (χ3n) is 8.90. The maximum absolute atomic E-state index is 13.7.